The van der Waals surface area contributed by atoms with E-state index in [-0.39, 0.29) is 12.4 Å². The molecule has 0 radical (unpaired) electrons. The minimum Gasteiger partial charge on any atom is -0.469 e. The monoisotopic (exact) mass is 306 g/mol. The average molecular weight is 306 g/mol. The Morgan fingerprint density at radius 2 is 1.61 bits per heavy atom. The Labute approximate surface area is 133 Å². The quantitative estimate of drug-likeness (QED) is 0.645. The van der Waals surface area contributed by atoms with Crippen molar-refractivity contribution in [3.8, 4) is 11.1 Å². The molecule has 0 spiro atoms. The predicted molar refractivity (Wildman–Crippen MR) is 86.2 cm³/mol. The molecule has 0 amide bonds. The summed E-state index contributed by atoms with van der Waals surface area (Å²) in [6.07, 6.45) is 3.68. The van der Waals surface area contributed by atoms with Crippen LogP contribution in [0.4, 0.5) is 0 Å². The molecule has 0 N–H and O–H groups in total. The highest BCUT2D eigenvalue weighted by atomic mass is 16.5. The molecule has 0 saturated carbocycles. The van der Waals surface area contributed by atoms with E-state index in [1.165, 1.54) is 7.11 Å². The molecule has 1 aliphatic rings. The van der Waals surface area contributed by atoms with Crippen LogP contribution >= 0.6 is 0 Å². The van der Waals surface area contributed by atoms with E-state index in [9.17, 15) is 14.4 Å². The Morgan fingerprint density at radius 3 is 2.30 bits per heavy atom. The summed E-state index contributed by atoms with van der Waals surface area (Å²) in [5, 5.41) is 0. The molecule has 3 rings (SSSR count). The molecular weight excluding hydrogens is 292 g/mol. The predicted octanol–water partition coefficient (Wildman–Crippen LogP) is 3.31. The summed E-state index contributed by atoms with van der Waals surface area (Å²) in [7, 11) is 1.34. The van der Waals surface area contributed by atoms with Crippen molar-refractivity contribution >= 4 is 23.6 Å². The zero-order valence-electron chi connectivity index (χ0n) is 12.5. The lowest BCUT2D eigenvalue weighted by atomic mass is 9.83. The number of ether oxygens (including phenoxy) is 1. The van der Waals surface area contributed by atoms with Gasteiger partial charge in [0.1, 0.15) is 0 Å². The van der Waals surface area contributed by atoms with E-state index in [1.807, 2.05) is 18.2 Å². The molecule has 0 saturated heterocycles. The van der Waals surface area contributed by atoms with Crippen LogP contribution in [0.2, 0.25) is 0 Å². The fourth-order valence-electron chi connectivity index (χ4n) is 2.62. The van der Waals surface area contributed by atoms with Gasteiger partial charge in [-0.05, 0) is 28.8 Å². The van der Waals surface area contributed by atoms with E-state index >= 15 is 0 Å². The molecule has 2 aromatic carbocycles. The molecule has 2 aromatic rings. The Morgan fingerprint density at radius 1 is 0.957 bits per heavy atom. The van der Waals surface area contributed by atoms with E-state index in [0.717, 1.165) is 16.7 Å². The van der Waals surface area contributed by atoms with Crippen LogP contribution < -0.4 is 0 Å². The molecule has 0 atom stereocenters. The molecule has 0 aromatic heterocycles. The molecule has 4 heteroatoms. The van der Waals surface area contributed by atoms with Crippen LogP contribution in [-0.4, -0.2) is 24.6 Å². The average Bonchev–Trinajstić information content (AvgIpc) is 2.59. The van der Waals surface area contributed by atoms with Gasteiger partial charge in [0, 0.05) is 11.1 Å². The Bertz CT molecular complexity index is 846. The van der Waals surface area contributed by atoms with Crippen LogP contribution in [0, 0.1) is 0 Å². The van der Waals surface area contributed by atoms with Crippen molar-refractivity contribution < 1.29 is 19.1 Å². The van der Waals surface area contributed by atoms with Crippen molar-refractivity contribution in [2.45, 2.75) is 6.42 Å². The maximum atomic E-state index is 12.2. The Kier molecular flexibility index (Phi) is 3.89. The second-order valence-electron chi connectivity index (χ2n) is 5.19. The summed E-state index contributed by atoms with van der Waals surface area (Å²) in [5.41, 5.74) is 3.20. The van der Waals surface area contributed by atoms with Gasteiger partial charge >= 0.3 is 5.97 Å². The Balaban J connectivity index is 2.02. The SMILES string of the molecule is COC(=O)CC=Cc1ccc2c(c1)-c1ccccc1C(=O)C2=O. The normalized spacial score (nSPS) is 12.9. The maximum Gasteiger partial charge on any atom is 0.309 e. The van der Waals surface area contributed by atoms with Gasteiger partial charge in [0.2, 0.25) is 11.6 Å². The van der Waals surface area contributed by atoms with Gasteiger partial charge in [-0.15, -0.1) is 0 Å². The highest BCUT2D eigenvalue weighted by molar-refractivity contribution is 6.53. The van der Waals surface area contributed by atoms with E-state index in [2.05, 4.69) is 4.74 Å². The summed E-state index contributed by atoms with van der Waals surface area (Å²) >= 11 is 0. The molecule has 4 nitrogen and oxygen atoms in total. The number of Topliss-reactive ketones (excluding diaryl/α,β-unsaturated/α-hetero) is 2. The number of hydrogen-bond donors (Lipinski definition) is 0. The number of carbonyl (C=O) groups excluding carboxylic acids is 3. The number of methoxy groups -OCH3 is 1. The van der Waals surface area contributed by atoms with Crippen LogP contribution in [0.15, 0.2) is 48.5 Å². The molecular formula is C19H14O4. The third kappa shape index (κ3) is 2.71. The molecule has 0 bridgehead atoms. The maximum absolute atomic E-state index is 12.2. The van der Waals surface area contributed by atoms with Crippen molar-refractivity contribution in [1.82, 2.24) is 0 Å². The number of esters is 1. The zero-order chi connectivity index (χ0) is 16.4. The van der Waals surface area contributed by atoms with E-state index in [4.69, 9.17) is 0 Å². The van der Waals surface area contributed by atoms with Gasteiger partial charge in [-0.3, -0.25) is 14.4 Å². The fourth-order valence-corrected chi connectivity index (χ4v) is 2.62. The first-order valence-corrected chi connectivity index (χ1v) is 7.17. The van der Waals surface area contributed by atoms with Gasteiger partial charge in [-0.25, -0.2) is 0 Å². The van der Waals surface area contributed by atoms with Gasteiger partial charge in [-0.2, -0.15) is 0 Å². The number of hydrogen-bond acceptors (Lipinski definition) is 4. The largest absolute Gasteiger partial charge is 0.469 e. The number of fused-ring (bicyclic) bond motifs is 3. The van der Waals surface area contributed by atoms with E-state index in [0.29, 0.717) is 11.1 Å². The minimum atomic E-state index is -0.483. The molecule has 0 heterocycles. The lowest BCUT2D eigenvalue weighted by Gasteiger charge is -2.18. The zero-order valence-corrected chi connectivity index (χ0v) is 12.5. The number of benzene rings is 2. The molecule has 0 unspecified atom stereocenters. The Hall–Kier alpha value is -3.01. The lowest BCUT2D eigenvalue weighted by molar-refractivity contribution is -0.139. The number of ketones is 2. The minimum absolute atomic E-state index is 0.182. The molecule has 0 fully saturated rings. The van der Waals surface area contributed by atoms with Gasteiger partial charge < -0.3 is 4.74 Å². The first-order valence-electron chi connectivity index (χ1n) is 7.17. The first-order chi connectivity index (χ1) is 11.1. The first kappa shape index (κ1) is 14.9. The van der Waals surface area contributed by atoms with Gasteiger partial charge in [0.15, 0.2) is 0 Å². The second kappa shape index (κ2) is 6.01. The van der Waals surface area contributed by atoms with Crippen LogP contribution in [0.1, 0.15) is 32.7 Å². The van der Waals surface area contributed by atoms with E-state index in [1.54, 1.807) is 36.4 Å². The molecule has 23 heavy (non-hydrogen) atoms. The molecule has 1 aliphatic carbocycles. The highest BCUT2D eigenvalue weighted by Gasteiger charge is 2.29. The summed E-state index contributed by atoms with van der Waals surface area (Å²) in [4.78, 5) is 35.5. The van der Waals surface area contributed by atoms with Crippen molar-refractivity contribution in [1.29, 1.82) is 0 Å². The molecule has 114 valence electrons. The van der Waals surface area contributed by atoms with E-state index < -0.39 is 11.6 Å². The summed E-state index contributed by atoms with van der Waals surface area (Å²) in [6, 6.07) is 12.3. The second-order valence-corrected chi connectivity index (χ2v) is 5.19. The highest BCUT2D eigenvalue weighted by Crippen LogP contribution is 2.34. The standard InChI is InChI=1S/C19H14O4/c1-23-17(20)8-4-5-12-9-10-15-16(11-12)13-6-2-3-7-14(13)18(21)19(15)22/h2-7,9-11H,8H2,1H3. The van der Waals surface area contributed by atoms with Crippen LogP contribution in [-0.2, 0) is 9.53 Å². The van der Waals surface area contributed by atoms with Crippen LogP contribution in [0.25, 0.3) is 17.2 Å². The topological polar surface area (TPSA) is 60.4 Å². The third-order valence-corrected chi connectivity index (χ3v) is 3.78. The van der Waals surface area contributed by atoms with Crippen LogP contribution in [0.5, 0.6) is 0 Å². The lowest BCUT2D eigenvalue weighted by Crippen LogP contribution is -2.21. The van der Waals surface area contributed by atoms with Gasteiger partial charge in [-0.1, -0.05) is 42.5 Å². The number of carbonyl (C=O) groups is 3. The van der Waals surface area contributed by atoms with Crippen molar-refractivity contribution in [3.63, 3.8) is 0 Å². The third-order valence-electron chi connectivity index (χ3n) is 3.78. The smallest absolute Gasteiger partial charge is 0.309 e. The fraction of sp³-hybridized carbons (Fsp3) is 0.105. The summed E-state index contributed by atoms with van der Waals surface area (Å²) in [6.45, 7) is 0. The summed E-state index contributed by atoms with van der Waals surface area (Å²) in [5.74, 6) is -1.27. The molecule has 0 aliphatic heterocycles. The van der Waals surface area contributed by atoms with Crippen LogP contribution in [0.3, 0.4) is 0 Å². The van der Waals surface area contributed by atoms with Gasteiger partial charge in [0.25, 0.3) is 0 Å². The van der Waals surface area contributed by atoms with Gasteiger partial charge in [0.05, 0.1) is 13.5 Å². The van der Waals surface area contributed by atoms with Crippen molar-refractivity contribution in [2.75, 3.05) is 7.11 Å². The number of rotatable bonds is 3. The van der Waals surface area contributed by atoms with Crippen molar-refractivity contribution in [2.24, 2.45) is 0 Å². The summed E-state index contributed by atoms with van der Waals surface area (Å²) < 4.78 is 4.58. The van der Waals surface area contributed by atoms with Crippen molar-refractivity contribution in [3.05, 3.63) is 65.2 Å².